The first kappa shape index (κ1) is 9.92. The third-order valence-corrected chi connectivity index (χ3v) is 2.32. The van der Waals surface area contributed by atoms with Gasteiger partial charge in [-0.1, -0.05) is 13.8 Å². The predicted octanol–water partition coefficient (Wildman–Crippen LogP) is -0.875. The molecule has 1 saturated heterocycles. The van der Waals surface area contributed by atoms with Gasteiger partial charge in [-0.2, -0.15) is 0 Å². The van der Waals surface area contributed by atoms with E-state index in [9.17, 15) is 10.2 Å². The molecule has 0 aromatic heterocycles. The van der Waals surface area contributed by atoms with Crippen LogP contribution in [0.5, 0.6) is 0 Å². The van der Waals surface area contributed by atoms with Crippen LogP contribution < -0.4 is 0 Å². The van der Waals surface area contributed by atoms with Crippen LogP contribution in [0.15, 0.2) is 0 Å². The van der Waals surface area contributed by atoms with Crippen molar-refractivity contribution in [1.29, 1.82) is 0 Å². The molecule has 3 N–H and O–H groups in total. The SMILES string of the molecule is CC(C)[C@@H]1OC[C@@](O)(CO)C1O. The number of hydrogen-bond donors (Lipinski definition) is 3. The van der Waals surface area contributed by atoms with E-state index in [1.807, 2.05) is 13.8 Å². The highest BCUT2D eigenvalue weighted by molar-refractivity contribution is 4.97. The van der Waals surface area contributed by atoms with Crippen LogP contribution in [0.4, 0.5) is 0 Å². The maximum Gasteiger partial charge on any atom is 0.139 e. The predicted molar refractivity (Wildman–Crippen MR) is 42.6 cm³/mol. The Balaban J connectivity index is 2.66. The minimum atomic E-state index is -1.46. The van der Waals surface area contributed by atoms with Crippen molar-refractivity contribution in [2.45, 2.75) is 31.7 Å². The highest BCUT2D eigenvalue weighted by Crippen LogP contribution is 2.28. The first-order valence-corrected chi connectivity index (χ1v) is 4.14. The van der Waals surface area contributed by atoms with Gasteiger partial charge in [0, 0.05) is 0 Å². The van der Waals surface area contributed by atoms with Crippen LogP contribution >= 0.6 is 0 Å². The zero-order chi connectivity index (χ0) is 9.35. The number of hydrogen-bond acceptors (Lipinski definition) is 4. The van der Waals surface area contributed by atoms with Gasteiger partial charge in [0.1, 0.15) is 11.7 Å². The molecule has 0 aromatic rings. The van der Waals surface area contributed by atoms with Crippen molar-refractivity contribution in [3.8, 4) is 0 Å². The van der Waals surface area contributed by atoms with E-state index in [0.717, 1.165) is 0 Å². The van der Waals surface area contributed by atoms with Gasteiger partial charge in [-0.25, -0.2) is 0 Å². The summed E-state index contributed by atoms with van der Waals surface area (Å²) < 4.78 is 5.17. The molecule has 4 heteroatoms. The van der Waals surface area contributed by atoms with E-state index < -0.39 is 18.3 Å². The van der Waals surface area contributed by atoms with E-state index in [1.54, 1.807) is 0 Å². The number of ether oxygens (including phenoxy) is 1. The van der Waals surface area contributed by atoms with E-state index in [4.69, 9.17) is 9.84 Å². The lowest BCUT2D eigenvalue weighted by molar-refractivity contribution is -0.0841. The highest BCUT2D eigenvalue weighted by Gasteiger charge is 2.48. The molecule has 72 valence electrons. The lowest BCUT2D eigenvalue weighted by atomic mass is 9.92. The lowest BCUT2D eigenvalue weighted by Gasteiger charge is -2.25. The number of aliphatic hydroxyl groups excluding tert-OH is 2. The second-order valence-electron chi connectivity index (χ2n) is 3.73. The van der Waals surface area contributed by atoms with Crippen LogP contribution in [-0.4, -0.2) is 46.3 Å². The van der Waals surface area contributed by atoms with Crippen molar-refractivity contribution < 1.29 is 20.1 Å². The summed E-state index contributed by atoms with van der Waals surface area (Å²) >= 11 is 0. The summed E-state index contributed by atoms with van der Waals surface area (Å²) in [6.07, 6.45) is -1.36. The Kier molecular flexibility index (Phi) is 2.73. The Morgan fingerprint density at radius 1 is 1.58 bits per heavy atom. The van der Waals surface area contributed by atoms with Crippen LogP contribution in [0.25, 0.3) is 0 Å². The van der Waals surface area contributed by atoms with Crippen LogP contribution in [0, 0.1) is 5.92 Å². The topological polar surface area (TPSA) is 69.9 Å². The zero-order valence-electron chi connectivity index (χ0n) is 7.40. The molecule has 0 saturated carbocycles. The van der Waals surface area contributed by atoms with Gasteiger partial charge in [-0.05, 0) is 5.92 Å². The van der Waals surface area contributed by atoms with E-state index in [1.165, 1.54) is 0 Å². The van der Waals surface area contributed by atoms with Gasteiger partial charge in [0.2, 0.25) is 0 Å². The van der Waals surface area contributed by atoms with Crippen molar-refractivity contribution >= 4 is 0 Å². The molecule has 1 unspecified atom stereocenters. The van der Waals surface area contributed by atoms with Gasteiger partial charge in [0.25, 0.3) is 0 Å². The molecular weight excluding hydrogens is 160 g/mol. The number of rotatable bonds is 2. The summed E-state index contributed by atoms with van der Waals surface area (Å²) in [7, 11) is 0. The molecule has 1 rings (SSSR count). The van der Waals surface area contributed by atoms with Gasteiger partial charge < -0.3 is 20.1 Å². The Bertz CT molecular complexity index is 159. The largest absolute Gasteiger partial charge is 0.393 e. The Morgan fingerprint density at radius 2 is 2.17 bits per heavy atom. The molecule has 4 nitrogen and oxygen atoms in total. The fourth-order valence-electron chi connectivity index (χ4n) is 1.42. The minimum absolute atomic E-state index is 0.00745. The quantitative estimate of drug-likeness (QED) is 0.511. The Hall–Kier alpha value is -0.160. The first-order valence-electron chi connectivity index (χ1n) is 4.14. The van der Waals surface area contributed by atoms with E-state index in [0.29, 0.717) is 0 Å². The monoisotopic (exact) mass is 176 g/mol. The van der Waals surface area contributed by atoms with Gasteiger partial charge >= 0.3 is 0 Å². The average Bonchev–Trinajstić information content (AvgIpc) is 2.30. The summed E-state index contributed by atoms with van der Waals surface area (Å²) in [5.41, 5.74) is -1.46. The normalized spacial score (nSPS) is 42.5. The summed E-state index contributed by atoms with van der Waals surface area (Å²) in [5.74, 6) is 0.139. The summed E-state index contributed by atoms with van der Waals surface area (Å²) in [6.45, 7) is 3.35. The molecule has 0 amide bonds. The average molecular weight is 176 g/mol. The van der Waals surface area contributed by atoms with Crippen LogP contribution in [-0.2, 0) is 4.74 Å². The van der Waals surface area contributed by atoms with Crippen LogP contribution in [0.1, 0.15) is 13.8 Å². The third-order valence-electron chi connectivity index (χ3n) is 2.32. The van der Waals surface area contributed by atoms with Gasteiger partial charge in [0.15, 0.2) is 0 Å². The van der Waals surface area contributed by atoms with Crippen molar-refractivity contribution in [1.82, 2.24) is 0 Å². The summed E-state index contributed by atoms with van der Waals surface area (Å²) in [4.78, 5) is 0. The number of aliphatic hydroxyl groups is 3. The maximum atomic E-state index is 9.56. The molecule has 0 aliphatic carbocycles. The fraction of sp³-hybridized carbons (Fsp3) is 1.00. The molecule has 0 radical (unpaired) electrons. The molecule has 1 aliphatic rings. The van der Waals surface area contributed by atoms with Crippen LogP contribution in [0.2, 0.25) is 0 Å². The van der Waals surface area contributed by atoms with Gasteiger partial charge in [-0.15, -0.1) is 0 Å². The zero-order valence-corrected chi connectivity index (χ0v) is 7.40. The molecule has 1 fully saturated rings. The second-order valence-corrected chi connectivity index (χ2v) is 3.73. The van der Waals surface area contributed by atoms with E-state index in [2.05, 4.69) is 0 Å². The molecule has 0 spiro atoms. The highest BCUT2D eigenvalue weighted by atomic mass is 16.5. The van der Waals surface area contributed by atoms with Gasteiger partial charge in [-0.3, -0.25) is 0 Å². The van der Waals surface area contributed by atoms with Crippen molar-refractivity contribution in [3.05, 3.63) is 0 Å². The van der Waals surface area contributed by atoms with Crippen molar-refractivity contribution in [2.24, 2.45) is 5.92 Å². The second kappa shape index (κ2) is 3.30. The first-order chi connectivity index (χ1) is 5.51. The van der Waals surface area contributed by atoms with E-state index in [-0.39, 0.29) is 18.6 Å². The third kappa shape index (κ3) is 1.47. The standard InChI is InChI=1S/C8H16O4/c1-5(2)6-7(10)8(11,3-9)4-12-6/h5-7,9-11H,3-4H2,1-2H3/t6-,7?,8-/m0/s1. The van der Waals surface area contributed by atoms with Crippen molar-refractivity contribution in [3.63, 3.8) is 0 Å². The Labute approximate surface area is 71.8 Å². The van der Waals surface area contributed by atoms with Crippen LogP contribution in [0.3, 0.4) is 0 Å². The lowest BCUT2D eigenvalue weighted by Crippen LogP contribution is -2.47. The molecule has 0 bridgehead atoms. The molecular formula is C8H16O4. The minimum Gasteiger partial charge on any atom is -0.393 e. The molecule has 0 aromatic carbocycles. The fourth-order valence-corrected chi connectivity index (χ4v) is 1.42. The summed E-state index contributed by atoms with van der Waals surface area (Å²) in [5, 5.41) is 27.9. The molecule has 1 aliphatic heterocycles. The molecule has 3 atom stereocenters. The maximum absolute atomic E-state index is 9.56. The molecule has 1 heterocycles. The van der Waals surface area contributed by atoms with Gasteiger partial charge in [0.05, 0.1) is 19.3 Å². The molecule has 12 heavy (non-hydrogen) atoms. The smallest absolute Gasteiger partial charge is 0.139 e. The van der Waals surface area contributed by atoms with E-state index >= 15 is 0 Å². The Morgan fingerprint density at radius 3 is 2.42 bits per heavy atom. The van der Waals surface area contributed by atoms with Crippen molar-refractivity contribution in [2.75, 3.05) is 13.2 Å². The summed E-state index contributed by atoms with van der Waals surface area (Å²) in [6, 6.07) is 0.